The number of aromatic nitrogens is 9. The quantitative estimate of drug-likeness (QED) is 0.163. The first-order valence-corrected chi connectivity index (χ1v) is 20.4. The van der Waals surface area contributed by atoms with Crippen molar-refractivity contribution in [1.82, 2.24) is 44.0 Å². The molecule has 0 unspecified atom stereocenters. The molecule has 0 saturated heterocycles. The summed E-state index contributed by atoms with van der Waals surface area (Å²) in [5.74, 6) is 3.79. The van der Waals surface area contributed by atoms with E-state index in [2.05, 4.69) is 122 Å². The van der Waals surface area contributed by atoms with Crippen LogP contribution in [-0.2, 0) is 0 Å². The molecule has 0 aliphatic heterocycles. The number of pyridine rings is 1. The van der Waals surface area contributed by atoms with Gasteiger partial charge in [0.15, 0.2) is 11.6 Å². The third-order valence-corrected chi connectivity index (χ3v) is 11.4. The highest BCUT2D eigenvalue weighted by atomic mass is 15.0. The van der Waals surface area contributed by atoms with Crippen molar-refractivity contribution in [2.75, 3.05) is 0 Å². The zero-order valence-corrected chi connectivity index (χ0v) is 34.3. The van der Waals surface area contributed by atoms with Crippen LogP contribution in [0.25, 0.3) is 100 Å². The van der Waals surface area contributed by atoms with Gasteiger partial charge in [-0.3, -0.25) is 0 Å². The Hall–Kier alpha value is -8.42. The van der Waals surface area contributed by atoms with Gasteiger partial charge in [-0.25, -0.2) is 34.9 Å². The van der Waals surface area contributed by atoms with E-state index in [1.54, 1.807) is 0 Å². The van der Waals surface area contributed by atoms with E-state index in [9.17, 15) is 5.26 Å². The Kier molecular flexibility index (Phi) is 8.51. The van der Waals surface area contributed by atoms with Crippen molar-refractivity contribution in [3.05, 3.63) is 174 Å². The van der Waals surface area contributed by atoms with Crippen LogP contribution in [0.3, 0.4) is 0 Å². The number of fused-ring (bicyclic) bond motifs is 6. The molecule has 11 rings (SSSR count). The summed E-state index contributed by atoms with van der Waals surface area (Å²) in [7, 11) is 0. The molecule has 10 nitrogen and oxygen atoms in total. The average molecular weight is 801 g/mol. The highest BCUT2D eigenvalue weighted by Crippen LogP contribution is 2.41. The molecule has 294 valence electrons. The molecule has 0 aliphatic rings. The highest BCUT2D eigenvalue weighted by Gasteiger charge is 2.24. The van der Waals surface area contributed by atoms with Gasteiger partial charge < -0.3 is 9.13 Å². The Morgan fingerprint density at radius 2 is 0.806 bits per heavy atom. The third-order valence-electron chi connectivity index (χ3n) is 11.4. The zero-order valence-electron chi connectivity index (χ0n) is 34.3. The van der Waals surface area contributed by atoms with Gasteiger partial charge in [0.1, 0.15) is 34.9 Å². The van der Waals surface area contributed by atoms with Gasteiger partial charge in [-0.05, 0) is 76.2 Å². The van der Waals surface area contributed by atoms with E-state index >= 15 is 0 Å². The highest BCUT2D eigenvalue weighted by molar-refractivity contribution is 6.12. The molecule has 0 spiro atoms. The van der Waals surface area contributed by atoms with Crippen molar-refractivity contribution < 1.29 is 0 Å². The molecule has 6 aromatic carbocycles. The second kappa shape index (κ2) is 14.4. The largest absolute Gasteiger partial charge is 0.308 e. The molecule has 0 aliphatic carbocycles. The molecule has 0 atom stereocenters. The Balaban J connectivity index is 1.26. The fraction of sp³-hybridized carbons (Fsp3) is 0.0769. The maximum absolute atomic E-state index is 11.6. The van der Waals surface area contributed by atoms with E-state index < -0.39 is 0 Å². The molecule has 0 amide bonds. The predicted molar refractivity (Wildman–Crippen MR) is 245 cm³/mol. The molecule has 62 heavy (non-hydrogen) atoms. The summed E-state index contributed by atoms with van der Waals surface area (Å²) >= 11 is 0. The number of nitrogens with zero attached hydrogens (tertiary/aromatic N) is 10. The van der Waals surface area contributed by atoms with E-state index in [-0.39, 0.29) is 0 Å². The molecule has 0 fully saturated rings. The van der Waals surface area contributed by atoms with Gasteiger partial charge >= 0.3 is 0 Å². The molecular formula is C52H36N10. The molecule has 11 aromatic rings. The van der Waals surface area contributed by atoms with Gasteiger partial charge in [0.05, 0.1) is 44.8 Å². The van der Waals surface area contributed by atoms with Gasteiger partial charge in [0.25, 0.3) is 0 Å². The van der Waals surface area contributed by atoms with Crippen LogP contribution in [-0.4, -0.2) is 44.0 Å². The zero-order chi connectivity index (χ0) is 42.1. The number of hydrogen-bond donors (Lipinski definition) is 0. The topological polar surface area (TPSA) is 124 Å². The summed E-state index contributed by atoms with van der Waals surface area (Å²) < 4.78 is 4.41. The molecule has 5 aromatic heterocycles. The van der Waals surface area contributed by atoms with Gasteiger partial charge in [0.2, 0.25) is 0 Å². The Labute approximate surface area is 356 Å². The molecule has 0 saturated carbocycles. The smallest absolute Gasteiger partial charge is 0.163 e. The fourth-order valence-corrected chi connectivity index (χ4v) is 8.82. The Bertz CT molecular complexity index is 3420. The van der Waals surface area contributed by atoms with Gasteiger partial charge in [0, 0.05) is 43.8 Å². The lowest BCUT2D eigenvalue weighted by Crippen LogP contribution is -2.06. The van der Waals surface area contributed by atoms with Crippen molar-refractivity contribution >= 4 is 43.6 Å². The van der Waals surface area contributed by atoms with Crippen LogP contribution in [0.4, 0.5) is 0 Å². The summed E-state index contributed by atoms with van der Waals surface area (Å²) in [6, 6.07) is 52.5. The summed E-state index contributed by atoms with van der Waals surface area (Å²) in [5, 5.41) is 15.8. The maximum atomic E-state index is 11.6. The summed E-state index contributed by atoms with van der Waals surface area (Å²) in [6.07, 6.45) is 0. The van der Waals surface area contributed by atoms with Crippen LogP contribution >= 0.6 is 0 Å². The maximum Gasteiger partial charge on any atom is 0.163 e. The number of nitriles is 1. The van der Waals surface area contributed by atoms with E-state index in [0.29, 0.717) is 51.9 Å². The predicted octanol–water partition coefficient (Wildman–Crippen LogP) is 11.4. The summed E-state index contributed by atoms with van der Waals surface area (Å²) in [5.41, 5.74) is 10.8. The van der Waals surface area contributed by atoms with E-state index in [1.165, 1.54) is 0 Å². The van der Waals surface area contributed by atoms with Crippen LogP contribution in [0, 0.1) is 39.0 Å². The van der Waals surface area contributed by atoms with Gasteiger partial charge in [-0.2, -0.15) is 5.26 Å². The first-order valence-electron chi connectivity index (χ1n) is 20.4. The van der Waals surface area contributed by atoms with Gasteiger partial charge in [-0.1, -0.05) is 97.1 Å². The second-order valence-electron chi connectivity index (χ2n) is 15.5. The minimum atomic E-state index is 0.493. The van der Waals surface area contributed by atoms with E-state index in [4.69, 9.17) is 24.9 Å². The van der Waals surface area contributed by atoms with Crippen molar-refractivity contribution in [3.63, 3.8) is 0 Å². The first-order chi connectivity index (χ1) is 30.3. The van der Waals surface area contributed by atoms with Crippen LogP contribution in [0.5, 0.6) is 0 Å². The van der Waals surface area contributed by atoms with Crippen LogP contribution in [0.1, 0.15) is 28.9 Å². The Morgan fingerprint density at radius 3 is 1.29 bits per heavy atom. The number of aryl methyl sites for hydroxylation is 4. The van der Waals surface area contributed by atoms with Gasteiger partial charge in [-0.15, -0.1) is 0 Å². The van der Waals surface area contributed by atoms with Crippen molar-refractivity contribution in [3.8, 4) is 62.7 Å². The minimum absolute atomic E-state index is 0.493. The second-order valence-corrected chi connectivity index (χ2v) is 15.5. The third kappa shape index (κ3) is 6.06. The minimum Gasteiger partial charge on any atom is -0.308 e. The van der Waals surface area contributed by atoms with Crippen molar-refractivity contribution in [1.29, 1.82) is 5.26 Å². The van der Waals surface area contributed by atoms with Crippen LogP contribution in [0.15, 0.2) is 146 Å². The normalized spacial score (nSPS) is 11.5. The standard InChI is InChI=1S/C52H36N10/c1-30-54-31(2)57-51(56-30)35-21-23-40-38-15-8-10-19-45(38)61(47(40)25-35)49-27-37(44-18-12-17-43(60-44)34-13-6-5-7-14-34)28-50(42(49)29-53)62-46-20-11-9-16-39(46)41-24-22-36(26-48(41)62)52-58-32(3)55-33(4)59-52/h5-28H,1-4H3. The molecule has 5 heterocycles. The average Bonchev–Trinajstić information content (AvgIpc) is 3.80. The summed E-state index contributed by atoms with van der Waals surface area (Å²) in [4.78, 5) is 33.0. The van der Waals surface area contributed by atoms with Crippen LogP contribution in [0.2, 0.25) is 0 Å². The number of rotatable bonds is 6. The lowest BCUT2D eigenvalue weighted by molar-refractivity contribution is 0.928. The lowest BCUT2D eigenvalue weighted by atomic mass is 10.0. The van der Waals surface area contributed by atoms with Crippen molar-refractivity contribution in [2.45, 2.75) is 27.7 Å². The SMILES string of the molecule is Cc1nc(C)nc(-c2ccc3c4ccccc4n(-c4cc(-c5cccc(-c6ccccc6)n5)cc(-n5c6ccccc6c6ccc(-c7nc(C)nc(C)n7)cc65)c4C#N)c3c2)n1. The Morgan fingerprint density at radius 1 is 0.371 bits per heavy atom. The van der Waals surface area contributed by atoms with E-state index in [1.807, 2.05) is 76.2 Å². The van der Waals surface area contributed by atoms with Crippen molar-refractivity contribution in [2.24, 2.45) is 0 Å². The lowest BCUT2D eigenvalue weighted by Gasteiger charge is -2.18. The fourth-order valence-electron chi connectivity index (χ4n) is 8.82. The molecule has 0 N–H and O–H groups in total. The number of benzene rings is 6. The first kappa shape index (κ1) is 36.6. The molecule has 0 radical (unpaired) electrons. The molecule has 0 bridgehead atoms. The van der Waals surface area contributed by atoms with E-state index in [0.717, 1.165) is 77.3 Å². The summed E-state index contributed by atoms with van der Waals surface area (Å²) in [6.45, 7) is 7.52. The number of para-hydroxylation sites is 2. The molecular weight excluding hydrogens is 765 g/mol. The monoisotopic (exact) mass is 800 g/mol. The molecule has 10 heteroatoms. The van der Waals surface area contributed by atoms with Crippen LogP contribution < -0.4 is 0 Å². The number of hydrogen-bond acceptors (Lipinski definition) is 8.